The van der Waals surface area contributed by atoms with Crippen LogP contribution in [0.5, 0.6) is 0 Å². The Kier molecular flexibility index (Phi) is 4.75. The van der Waals surface area contributed by atoms with Gasteiger partial charge in [-0.2, -0.15) is 9.29 Å². The average molecular weight is 437 g/mol. The third-order valence-electron chi connectivity index (χ3n) is 5.76. The Labute approximate surface area is 173 Å². The van der Waals surface area contributed by atoms with Crippen molar-refractivity contribution >= 4 is 27.3 Å². The number of thiophene rings is 1. The normalized spacial score (nSPS) is 23.3. The number of sulfonamides is 1. The van der Waals surface area contributed by atoms with Crippen LogP contribution in [0.25, 0.3) is 10.7 Å². The van der Waals surface area contributed by atoms with Gasteiger partial charge < -0.3 is 9.84 Å². The Hall–Kier alpha value is -1.78. The van der Waals surface area contributed by atoms with E-state index in [0.29, 0.717) is 40.4 Å². The van der Waals surface area contributed by atoms with Crippen molar-refractivity contribution in [2.24, 2.45) is 5.92 Å². The summed E-state index contributed by atoms with van der Waals surface area (Å²) in [7, 11) is -3.68. The van der Waals surface area contributed by atoms with Gasteiger partial charge in [-0.1, -0.05) is 5.16 Å². The molecule has 8 nitrogen and oxygen atoms in total. The van der Waals surface area contributed by atoms with Crippen molar-refractivity contribution in [2.75, 3.05) is 13.1 Å². The molecule has 3 heterocycles. The molecule has 1 aliphatic heterocycles. The summed E-state index contributed by atoms with van der Waals surface area (Å²) < 4.78 is 33.4. The molecule has 0 spiro atoms. The van der Waals surface area contributed by atoms with Gasteiger partial charge in [-0.25, -0.2) is 8.42 Å². The van der Waals surface area contributed by atoms with Gasteiger partial charge >= 0.3 is 0 Å². The topological polar surface area (TPSA) is 105 Å². The monoisotopic (exact) mass is 436 g/mol. The largest absolute Gasteiger partial charge is 0.353 e. The van der Waals surface area contributed by atoms with E-state index in [1.54, 1.807) is 13.0 Å². The summed E-state index contributed by atoms with van der Waals surface area (Å²) in [6.45, 7) is 2.47. The number of carbonyl (C=O) groups is 1. The molecular formula is C19H24N4O4S2. The van der Waals surface area contributed by atoms with E-state index in [0.717, 1.165) is 32.1 Å². The standard InChI is InChI=1S/C19H24N4O4S2/c1-11-16(9-15(28-11)17-21-19(27-22-17)12-4-5-12)29(25,26)23-8-2-3-13(10-23)18(24)20-14-6-7-14/h9,12-14H,2-8,10H2,1H3,(H,20,24)/t13-/m1/s1. The maximum absolute atomic E-state index is 13.3. The first-order chi connectivity index (χ1) is 13.9. The van der Waals surface area contributed by atoms with Gasteiger partial charge in [0.25, 0.3) is 0 Å². The van der Waals surface area contributed by atoms with Gasteiger partial charge in [0.2, 0.25) is 27.6 Å². The smallest absolute Gasteiger partial charge is 0.244 e. The van der Waals surface area contributed by atoms with Crippen LogP contribution in [0.3, 0.4) is 0 Å². The number of hydrogen-bond donors (Lipinski definition) is 1. The van der Waals surface area contributed by atoms with Gasteiger partial charge in [-0.15, -0.1) is 11.3 Å². The predicted molar refractivity (Wildman–Crippen MR) is 107 cm³/mol. The molecule has 1 amide bonds. The van der Waals surface area contributed by atoms with Gasteiger partial charge in [-0.3, -0.25) is 4.79 Å². The molecule has 0 unspecified atom stereocenters. The Morgan fingerprint density at radius 1 is 1.28 bits per heavy atom. The molecule has 2 aromatic rings. The van der Waals surface area contributed by atoms with Crippen LogP contribution < -0.4 is 5.32 Å². The number of nitrogens with zero attached hydrogens (tertiary/aromatic N) is 3. The van der Waals surface area contributed by atoms with Crippen molar-refractivity contribution in [1.29, 1.82) is 0 Å². The minimum atomic E-state index is -3.68. The average Bonchev–Trinajstić information content (AvgIpc) is 3.63. The lowest BCUT2D eigenvalue weighted by Crippen LogP contribution is -2.45. The second-order valence-corrected chi connectivity index (χ2v) is 11.4. The number of aromatic nitrogens is 2. The third-order valence-corrected chi connectivity index (χ3v) is 8.92. The van der Waals surface area contributed by atoms with Crippen molar-refractivity contribution in [1.82, 2.24) is 19.8 Å². The van der Waals surface area contributed by atoms with Crippen LogP contribution >= 0.6 is 11.3 Å². The van der Waals surface area contributed by atoms with Crippen molar-refractivity contribution in [3.63, 3.8) is 0 Å². The summed E-state index contributed by atoms with van der Waals surface area (Å²) in [6.07, 6.45) is 5.59. The molecule has 3 aliphatic rings. The van der Waals surface area contributed by atoms with Crippen molar-refractivity contribution < 1.29 is 17.7 Å². The summed E-state index contributed by atoms with van der Waals surface area (Å²) in [5.41, 5.74) is 0. The van der Waals surface area contributed by atoms with E-state index in [1.165, 1.54) is 15.6 Å². The molecule has 0 aromatic carbocycles. The Bertz CT molecular complexity index is 1040. The molecule has 1 atom stereocenters. The fourth-order valence-electron chi connectivity index (χ4n) is 3.72. The van der Waals surface area contributed by atoms with Crippen LogP contribution in [0.2, 0.25) is 0 Å². The molecule has 1 saturated heterocycles. The highest BCUT2D eigenvalue weighted by atomic mass is 32.2. The lowest BCUT2D eigenvalue weighted by atomic mass is 9.99. The van der Waals surface area contributed by atoms with Crippen molar-refractivity contribution in [3.05, 3.63) is 16.8 Å². The van der Waals surface area contributed by atoms with Crippen LogP contribution in [0.4, 0.5) is 0 Å². The zero-order chi connectivity index (χ0) is 20.2. The summed E-state index contributed by atoms with van der Waals surface area (Å²) in [5.74, 6) is 1.13. The van der Waals surface area contributed by atoms with Gasteiger partial charge in [0, 0.05) is 29.9 Å². The molecule has 2 saturated carbocycles. The molecule has 1 N–H and O–H groups in total. The molecule has 10 heteroatoms. The molecule has 3 fully saturated rings. The lowest BCUT2D eigenvalue weighted by Gasteiger charge is -2.31. The summed E-state index contributed by atoms with van der Waals surface area (Å²) in [6, 6.07) is 1.93. The number of hydrogen-bond acceptors (Lipinski definition) is 7. The lowest BCUT2D eigenvalue weighted by molar-refractivity contribution is -0.126. The number of amides is 1. The van der Waals surface area contributed by atoms with Gasteiger partial charge in [0.15, 0.2) is 0 Å². The summed E-state index contributed by atoms with van der Waals surface area (Å²) >= 11 is 1.36. The molecule has 2 aliphatic carbocycles. The van der Waals surface area contributed by atoms with E-state index in [9.17, 15) is 13.2 Å². The van der Waals surface area contributed by atoms with Crippen molar-refractivity contribution in [3.8, 4) is 10.7 Å². The van der Waals surface area contributed by atoms with E-state index in [-0.39, 0.29) is 29.3 Å². The molecule has 2 aromatic heterocycles. The minimum Gasteiger partial charge on any atom is -0.353 e. The maximum Gasteiger partial charge on any atom is 0.244 e. The first-order valence-electron chi connectivity index (χ1n) is 10.2. The molecule has 5 rings (SSSR count). The van der Waals surface area contributed by atoms with E-state index >= 15 is 0 Å². The Balaban J connectivity index is 1.35. The third kappa shape index (κ3) is 3.85. The van der Waals surface area contributed by atoms with E-state index < -0.39 is 10.0 Å². The Morgan fingerprint density at radius 2 is 2.07 bits per heavy atom. The van der Waals surface area contributed by atoms with Crippen LogP contribution in [-0.4, -0.2) is 47.9 Å². The molecule has 29 heavy (non-hydrogen) atoms. The van der Waals surface area contributed by atoms with Crippen molar-refractivity contribution in [2.45, 2.75) is 62.3 Å². The highest BCUT2D eigenvalue weighted by Crippen LogP contribution is 2.41. The van der Waals surface area contributed by atoms with Crippen LogP contribution in [0.1, 0.15) is 55.2 Å². The first kappa shape index (κ1) is 19.2. The second-order valence-electron chi connectivity index (χ2n) is 8.25. The maximum atomic E-state index is 13.3. The zero-order valence-electron chi connectivity index (χ0n) is 16.3. The minimum absolute atomic E-state index is 0.0190. The fraction of sp³-hybridized carbons (Fsp3) is 0.632. The predicted octanol–water partition coefficient (Wildman–Crippen LogP) is 2.66. The summed E-state index contributed by atoms with van der Waals surface area (Å²) in [4.78, 5) is 18.5. The molecular weight excluding hydrogens is 412 g/mol. The van der Waals surface area contributed by atoms with Gasteiger partial charge in [-0.05, 0) is 51.5 Å². The zero-order valence-corrected chi connectivity index (χ0v) is 17.9. The number of rotatable bonds is 6. The van der Waals surface area contributed by atoms with Gasteiger partial charge in [0.1, 0.15) is 0 Å². The van der Waals surface area contributed by atoms with Gasteiger partial charge in [0.05, 0.1) is 15.7 Å². The SMILES string of the molecule is Cc1sc(-c2noc(C3CC3)n2)cc1S(=O)(=O)N1CCC[C@@H](C(=O)NC2CC2)C1. The van der Waals surface area contributed by atoms with E-state index in [2.05, 4.69) is 15.5 Å². The highest BCUT2D eigenvalue weighted by Gasteiger charge is 2.37. The quantitative estimate of drug-likeness (QED) is 0.746. The molecule has 0 bridgehead atoms. The Morgan fingerprint density at radius 3 is 2.79 bits per heavy atom. The van der Waals surface area contributed by atoms with Crippen LogP contribution in [0.15, 0.2) is 15.5 Å². The molecule has 0 radical (unpaired) electrons. The fourth-order valence-corrected chi connectivity index (χ4v) is 6.73. The number of carbonyl (C=O) groups excluding carboxylic acids is 1. The van der Waals surface area contributed by atoms with Crippen LogP contribution in [0, 0.1) is 12.8 Å². The van der Waals surface area contributed by atoms with E-state index in [4.69, 9.17) is 4.52 Å². The van der Waals surface area contributed by atoms with Crippen LogP contribution in [-0.2, 0) is 14.8 Å². The summed E-state index contributed by atoms with van der Waals surface area (Å²) in [5, 5.41) is 7.03. The first-order valence-corrected chi connectivity index (χ1v) is 12.4. The number of nitrogens with one attached hydrogen (secondary N) is 1. The highest BCUT2D eigenvalue weighted by molar-refractivity contribution is 7.89. The van der Waals surface area contributed by atoms with E-state index in [1.807, 2.05) is 0 Å². The number of aryl methyl sites for hydroxylation is 1. The number of piperidine rings is 1. The second kappa shape index (κ2) is 7.17. The molecule has 156 valence electrons.